The molecule has 1 rings (SSSR count). The van der Waals surface area contributed by atoms with Gasteiger partial charge >= 0.3 is 6.43 Å². The first kappa shape index (κ1) is 10.0. The molecule has 0 aliphatic rings. The van der Waals surface area contributed by atoms with Crippen LogP contribution in [0.2, 0.25) is 0 Å². The van der Waals surface area contributed by atoms with E-state index in [0.29, 0.717) is 6.54 Å². The second-order valence-corrected chi connectivity index (χ2v) is 2.89. The summed E-state index contributed by atoms with van der Waals surface area (Å²) in [4.78, 5) is 3.49. The van der Waals surface area contributed by atoms with Gasteiger partial charge in [0, 0.05) is 6.04 Å². The third kappa shape index (κ3) is 3.06. The second kappa shape index (κ2) is 4.27. The Morgan fingerprint density at radius 1 is 1.46 bits per heavy atom. The van der Waals surface area contributed by atoms with Crippen molar-refractivity contribution >= 4 is 0 Å². The van der Waals surface area contributed by atoms with E-state index in [0.717, 1.165) is 0 Å². The van der Waals surface area contributed by atoms with Gasteiger partial charge in [0.2, 0.25) is 0 Å². The van der Waals surface area contributed by atoms with E-state index in [1.807, 2.05) is 13.8 Å². The van der Waals surface area contributed by atoms with E-state index in [4.69, 9.17) is 0 Å². The Labute approximate surface area is 74.3 Å². The quantitative estimate of drug-likeness (QED) is 0.783. The topological polar surface area (TPSA) is 51.0 Å². The molecule has 1 aromatic heterocycles. The van der Waals surface area contributed by atoms with Gasteiger partial charge in [0.25, 0.3) is 5.89 Å². The van der Waals surface area contributed by atoms with E-state index in [1.54, 1.807) is 0 Å². The van der Waals surface area contributed by atoms with Crippen LogP contribution in [-0.2, 0) is 6.54 Å². The second-order valence-electron chi connectivity index (χ2n) is 2.89. The molecule has 6 heteroatoms. The van der Waals surface area contributed by atoms with Gasteiger partial charge in [-0.3, -0.25) is 0 Å². The lowest BCUT2D eigenvalue weighted by Gasteiger charge is -2.02. The molecule has 0 aromatic carbocycles. The van der Waals surface area contributed by atoms with Crippen LogP contribution in [0, 0.1) is 0 Å². The van der Waals surface area contributed by atoms with Gasteiger partial charge in [-0.25, -0.2) is 0 Å². The van der Waals surface area contributed by atoms with Gasteiger partial charge < -0.3 is 9.84 Å². The maximum atomic E-state index is 12.0. The summed E-state index contributed by atoms with van der Waals surface area (Å²) in [5.41, 5.74) is 0. The van der Waals surface area contributed by atoms with E-state index in [-0.39, 0.29) is 11.9 Å². The highest BCUT2D eigenvalue weighted by atomic mass is 19.3. The van der Waals surface area contributed by atoms with Gasteiger partial charge in [0.05, 0.1) is 6.54 Å². The molecule has 0 radical (unpaired) electrons. The van der Waals surface area contributed by atoms with Crippen LogP contribution in [0.25, 0.3) is 0 Å². The van der Waals surface area contributed by atoms with Crippen LogP contribution < -0.4 is 5.32 Å². The molecular formula is C7H11F2N3O. The van der Waals surface area contributed by atoms with Crippen molar-refractivity contribution in [1.82, 2.24) is 15.5 Å². The summed E-state index contributed by atoms with van der Waals surface area (Å²) in [5.74, 6) is -0.371. The van der Waals surface area contributed by atoms with Crippen molar-refractivity contribution in [1.29, 1.82) is 0 Å². The van der Waals surface area contributed by atoms with Crippen molar-refractivity contribution in [2.24, 2.45) is 0 Å². The zero-order valence-electron chi connectivity index (χ0n) is 7.42. The van der Waals surface area contributed by atoms with Gasteiger partial charge in [0.15, 0.2) is 5.82 Å². The Bertz CT molecular complexity index is 262. The number of rotatable bonds is 4. The van der Waals surface area contributed by atoms with E-state index in [1.165, 1.54) is 0 Å². The SMILES string of the molecule is CC(C)NCc1noc(C(F)F)n1. The Morgan fingerprint density at radius 3 is 2.62 bits per heavy atom. The van der Waals surface area contributed by atoms with Gasteiger partial charge in [-0.15, -0.1) is 0 Å². The van der Waals surface area contributed by atoms with Crippen LogP contribution in [0.4, 0.5) is 8.78 Å². The lowest BCUT2D eigenvalue weighted by molar-refractivity contribution is 0.106. The molecule has 0 aliphatic carbocycles. The van der Waals surface area contributed by atoms with Gasteiger partial charge in [0.1, 0.15) is 0 Å². The summed E-state index contributed by atoms with van der Waals surface area (Å²) < 4.78 is 28.2. The standard InChI is InChI=1S/C7H11F2N3O/c1-4(2)10-3-5-11-7(6(8)9)13-12-5/h4,6,10H,3H2,1-2H3. The van der Waals surface area contributed by atoms with Crippen LogP contribution in [0.5, 0.6) is 0 Å². The van der Waals surface area contributed by atoms with Crippen LogP contribution in [-0.4, -0.2) is 16.2 Å². The summed E-state index contributed by atoms with van der Waals surface area (Å²) in [5, 5.41) is 6.36. The van der Waals surface area contributed by atoms with E-state index < -0.39 is 12.3 Å². The Morgan fingerprint density at radius 2 is 2.15 bits per heavy atom. The van der Waals surface area contributed by atoms with Gasteiger partial charge in [-0.2, -0.15) is 13.8 Å². The molecule has 0 spiro atoms. The molecule has 1 N–H and O–H groups in total. The number of aromatic nitrogens is 2. The van der Waals surface area contributed by atoms with Crippen molar-refractivity contribution in [3.8, 4) is 0 Å². The molecule has 0 unspecified atom stereocenters. The molecular weight excluding hydrogens is 180 g/mol. The predicted molar refractivity (Wildman–Crippen MR) is 41.2 cm³/mol. The smallest absolute Gasteiger partial charge is 0.315 e. The molecule has 0 aliphatic heterocycles. The zero-order chi connectivity index (χ0) is 9.84. The molecule has 0 saturated heterocycles. The molecule has 0 amide bonds. The van der Waals surface area contributed by atoms with E-state index >= 15 is 0 Å². The number of hydrogen-bond donors (Lipinski definition) is 1. The van der Waals surface area contributed by atoms with Crippen molar-refractivity contribution in [3.63, 3.8) is 0 Å². The Balaban J connectivity index is 2.49. The average Bonchev–Trinajstić information content (AvgIpc) is 2.48. The van der Waals surface area contributed by atoms with Crippen LogP contribution in [0.1, 0.15) is 32.0 Å². The minimum atomic E-state index is -2.69. The van der Waals surface area contributed by atoms with E-state index in [9.17, 15) is 8.78 Å². The molecule has 74 valence electrons. The number of nitrogens with zero attached hydrogens (tertiary/aromatic N) is 2. The predicted octanol–water partition coefficient (Wildman–Crippen LogP) is 1.51. The van der Waals surface area contributed by atoms with Crippen LogP contribution in [0.15, 0.2) is 4.52 Å². The molecule has 0 saturated carbocycles. The number of nitrogens with one attached hydrogen (secondary N) is 1. The Hall–Kier alpha value is -1.04. The summed E-state index contributed by atoms with van der Waals surface area (Å²) in [6, 6.07) is 0.258. The van der Waals surface area contributed by atoms with Crippen molar-refractivity contribution < 1.29 is 13.3 Å². The number of alkyl halides is 2. The fraction of sp³-hybridized carbons (Fsp3) is 0.714. The van der Waals surface area contributed by atoms with Gasteiger partial charge in [-0.05, 0) is 0 Å². The van der Waals surface area contributed by atoms with Crippen molar-refractivity contribution in [3.05, 3.63) is 11.7 Å². The highest BCUT2D eigenvalue weighted by molar-refractivity contribution is 4.86. The van der Waals surface area contributed by atoms with Crippen LogP contribution >= 0.6 is 0 Å². The lowest BCUT2D eigenvalue weighted by atomic mass is 10.4. The fourth-order valence-corrected chi connectivity index (χ4v) is 0.723. The summed E-state index contributed by atoms with van der Waals surface area (Å²) >= 11 is 0. The molecule has 0 bridgehead atoms. The fourth-order valence-electron chi connectivity index (χ4n) is 0.723. The average molecular weight is 191 g/mol. The zero-order valence-corrected chi connectivity index (χ0v) is 7.42. The third-order valence-corrected chi connectivity index (χ3v) is 1.34. The lowest BCUT2D eigenvalue weighted by Crippen LogP contribution is -2.22. The van der Waals surface area contributed by atoms with Crippen LogP contribution in [0.3, 0.4) is 0 Å². The molecule has 0 atom stereocenters. The maximum Gasteiger partial charge on any atom is 0.315 e. The largest absolute Gasteiger partial charge is 0.333 e. The third-order valence-electron chi connectivity index (χ3n) is 1.34. The number of hydrogen-bond acceptors (Lipinski definition) is 4. The van der Waals surface area contributed by atoms with E-state index in [2.05, 4.69) is 20.0 Å². The first-order valence-corrected chi connectivity index (χ1v) is 3.93. The van der Waals surface area contributed by atoms with Crippen molar-refractivity contribution in [2.75, 3.05) is 0 Å². The minimum Gasteiger partial charge on any atom is -0.333 e. The Kier molecular flexibility index (Phi) is 3.30. The first-order valence-electron chi connectivity index (χ1n) is 3.93. The minimum absolute atomic E-state index is 0.254. The van der Waals surface area contributed by atoms with Crippen molar-refractivity contribution in [2.45, 2.75) is 32.9 Å². The summed E-state index contributed by atoms with van der Waals surface area (Å²) in [6.45, 7) is 4.22. The summed E-state index contributed by atoms with van der Waals surface area (Å²) in [7, 11) is 0. The molecule has 0 fully saturated rings. The molecule has 4 nitrogen and oxygen atoms in total. The maximum absolute atomic E-state index is 12.0. The summed E-state index contributed by atoms with van der Waals surface area (Å²) in [6.07, 6.45) is -2.69. The van der Waals surface area contributed by atoms with Gasteiger partial charge in [-0.1, -0.05) is 19.0 Å². The first-order chi connectivity index (χ1) is 6.09. The highest BCUT2D eigenvalue weighted by Crippen LogP contribution is 2.15. The highest BCUT2D eigenvalue weighted by Gasteiger charge is 2.15. The number of halogens is 2. The molecule has 1 aromatic rings. The monoisotopic (exact) mass is 191 g/mol. The molecule has 13 heavy (non-hydrogen) atoms. The normalized spacial score (nSPS) is 11.5. The molecule has 1 heterocycles.